The number of aromatic nitrogens is 2. The fourth-order valence-corrected chi connectivity index (χ4v) is 1.41. The highest BCUT2D eigenvalue weighted by Gasteiger charge is 2.18. The molecular weight excluding hydrogens is 176 g/mol. The number of halogens is 1. The largest absolute Gasteiger partial charge is 0.381 e. The van der Waals surface area contributed by atoms with Crippen LogP contribution < -0.4 is 0 Å². The summed E-state index contributed by atoms with van der Waals surface area (Å²) in [4.78, 5) is 0. The summed E-state index contributed by atoms with van der Waals surface area (Å²) in [6, 6.07) is 3.68. The maximum atomic E-state index is 5.61. The van der Waals surface area contributed by atoms with Crippen molar-refractivity contribution in [1.82, 2.24) is 10.2 Å². The molecule has 1 atom stereocenters. The number of rotatable bonds is 1. The highest BCUT2D eigenvalue weighted by molar-refractivity contribution is 6.29. The van der Waals surface area contributed by atoms with Crippen LogP contribution in [0.5, 0.6) is 0 Å². The molecule has 0 aromatic carbocycles. The monoisotopic (exact) mass is 184 g/mol. The second-order valence-electron chi connectivity index (χ2n) is 2.84. The molecule has 64 valence electrons. The summed E-state index contributed by atoms with van der Waals surface area (Å²) in [5.41, 5.74) is 0.983. The number of nitrogens with zero attached hydrogens (tertiary/aromatic N) is 2. The lowest BCUT2D eigenvalue weighted by molar-refractivity contribution is 0.193. The lowest BCUT2D eigenvalue weighted by Crippen LogP contribution is -2.01. The summed E-state index contributed by atoms with van der Waals surface area (Å²) in [5.74, 6) is 0.412. The molecule has 0 saturated carbocycles. The van der Waals surface area contributed by atoms with E-state index in [0.29, 0.717) is 11.1 Å². The van der Waals surface area contributed by atoms with Crippen molar-refractivity contribution in [2.24, 2.45) is 0 Å². The van der Waals surface area contributed by atoms with Crippen LogP contribution in [0.2, 0.25) is 5.15 Å². The molecule has 1 unspecified atom stereocenters. The predicted molar refractivity (Wildman–Crippen MR) is 45.2 cm³/mol. The van der Waals surface area contributed by atoms with Crippen LogP contribution >= 0.6 is 11.6 Å². The zero-order valence-electron chi connectivity index (χ0n) is 6.53. The molecule has 0 N–H and O–H groups in total. The molecule has 3 nitrogen and oxygen atoms in total. The fraction of sp³-hybridized carbons (Fsp3) is 0.500. The molecule has 1 aliphatic rings. The van der Waals surface area contributed by atoms with E-state index in [9.17, 15) is 0 Å². The molecule has 0 aliphatic carbocycles. The Morgan fingerprint density at radius 3 is 2.92 bits per heavy atom. The van der Waals surface area contributed by atoms with Crippen molar-refractivity contribution in [3.63, 3.8) is 0 Å². The van der Waals surface area contributed by atoms with E-state index in [1.807, 2.05) is 6.07 Å². The van der Waals surface area contributed by atoms with Crippen molar-refractivity contribution in [1.29, 1.82) is 0 Å². The van der Waals surface area contributed by atoms with Crippen molar-refractivity contribution < 1.29 is 4.74 Å². The standard InChI is InChI=1S/C8H9ClN2O/c9-8-2-1-7(10-11-8)6-3-4-12-5-6/h1-2,6H,3-5H2. The summed E-state index contributed by atoms with van der Waals surface area (Å²) in [5, 5.41) is 8.22. The topological polar surface area (TPSA) is 35.0 Å². The maximum absolute atomic E-state index is 5.61. The normalized spacial score (nSPS) is 22.9. The first-order valence-electron chi connectivity index (χ1n) is 3.93. The average molecular weight is 185 g/mol. The zero-order chi connectivity index (χ0) is 8.39. The molecule has 1 aromatic heterocycles. The summed E-state index contributed by atoms with van der Waals surface area (Å²) < 4.78 is 5.24. The van der Waals surface area contributed by atoms with Crippen LogP contribution in [0.15, 0.2) is 12.1 Å². The van der Waals surface area contributed by atoms with Crippen LogP contribution in [0.3, 0.4) is 0 Å². The molecular formula is C8H9ClN2O. The number of ether oxygens (including phenoxy) is 1. The van der Waals surface area contributed by atoms with Gasteiger partial charge in [-0.3, -0.25) is 0 Å². The third-order valence-corrected chi connectivity index (χ3v) is 2.20. The lowest BCUT2D eigenvalue weighted by atomic mass is 10.1. The van der Waals surface area contributed by atoms with Crippen LogP contribution in [0.25, 0.3) is 0 Å². The molecule has 2 heterocycles. The van der Waals surface area contributed by atoms with Gasteiger partial charge < -0.3 is 4.74 Å². The van der Waals surface area contributed by atoms with E-state index < -0.39 is 0 Å². The summed E-state index contributed by atoms with van der Waals surface area (Å²) >= 11 is 5.61. The Kier molecular flexibility index (Phi) is 2.23. The molecule has 1 aliphatic heterocycles. The van der Waals surface area contributed by atoms with Crippen molar-refractivity contribution in [2.75, 3.05) is 13.2 Å². The maximum Gasteiger partial charge on any atom is 0.151 e. The van der Waals surface area contributed by atoms with Crippen molar-refractivity contribution >= 4 is 11.6 Å². The number of hydrogen-bond acceptors (Lipinski definition) is 3. The van der Waals surface area contributed by atoms with E-state index in [1.165, 1.54) is 0 Å². The smallest absolute Gasteiger partial charge is 0.151 e. The Hall–Kier alpha value is -0.670. The second kappa shape index (κ2) is 3.37. The van der Waals surface area contributed by atoms with Gasteiger partial charge in [0, 0.05) is 12.5 Å². The molecule has 0 radical (unpaired) electrons. The third-order valence-electron chi connectivity index (χ3n) is 2.00. The Labute approximate surface area is 75.7 Å². The van der Waals surface area contributed by atoms with Gasteiger partial charge in [0.05, 0.1) is 12.3 Å². The van der Waals surface area contributed by atoms with E-state index in [4.69, 9.17) is 16.3 Å². The molecule has 0 bridgehead atoms. The van der Waals surface area contributed by atoms with Gasteiger partial charge in [-0.05, 0) is 18.6 Å². The van der Waals surface area contributed by atoms with Gasteiger partial charge in [0.25, 0.3) is 0 Å². The molecule has 4 heteroatoms. The van der Waals surface area contributed by atoms with Crippen molar-refractivity contribution in [2.45, 2.75) is 12.3 Å². The summed E-state index contributed by atoms with van der Waals surface area (Å²) in [7, 11) is 0. The van der Waals surface area contributed by atoms with Gasteiger partial charge in [-0.15, -0.1) is 5.10 Å². The van der Waals surface area contributed by atoms with Crippen LogP contribution in [0.1, 0.15) is 18.0 Å². The minimum absolute atomic E-state index is 0.412. The van der Waals surface area contributed by atoms with E-state index in [0.717, 1.165) is 25.3 Å². The SMILES string of the molecule is Clc1ccc(C2CCOC2)nn1. The van der Waals surface area contributed by atoms with Crippen molar-refractivity contribution in [3.05, 3.63) is 23.0 Å². The Morgan fingerprint density at radius 2 is 2.33 bits per heavy atom. The van der Waals surface area contributed by atoms with E-state index in [2.05, 4.69) is 10.2 Å². The van der Waals surface area contributed by atoms with Crippen LogP contribution in [-0.2, 0) is 4.74 Å². The van der Waals surface area contributed by atoms with Gasteiger partial charge >= 0.3 is 0 Å². The second-order valence-corrected chi connectivity index (χ2v) is 3.23. The minimum atomic E-state index is 0.412. The summed E-state index contributed by atoms with van der Waals surface area (Å²) in [6.07, 6.45) is 1.04. The highest BCUT2D eigenvalue weighted by atomic mass is 35.5. The van der Waals surface area contributed by atoms with E-state index in [1.54, 1.807) is 6.07 Å². The van der Waals surface area contributed by atoms with Gasteiger partial charge in [0.15, 0.2) is 5.15 Å². The molecule has 1 saturated heterocycles. The first-order valence-corrected chi connectivity index (χ1v) is 4.31. The van der Waals surface area contributed by atoms with Gasteiger partial charge in [0.1, 0.15) is 0 Å². The lowest BCUT2D eigenvalue weighted by Gasteiger charge is -2.04. The molecule has 12 heavy (non-hydrogen) atoms. The molecule has 0 spiro atoms. The zero-order valence-corrected chi connectivity index (χ0v) is 7.29. The van der Waals surface area contributed by atoms with Gasteiger partial charge in [-0.25, -0.2) is 0 Å². The molecule has 0 amide bonds. The number of hydrogen-bond donors (Lipinski definition) is 0. The van der Waals surface area contributed by atoms with Crippen molar-refractivity contribution in [3.8, 4) is 0 Å². The average Bonchev–Trinajstić information content (AvgIpc) is 2.58. The van der Waals surface area contributed by atoms with Crippen LogP contribution in [-0.4, -0.2) is 23.4 Å². The van der Waals surface area contributed by atoms with Gasteiger partial charge in [-0.1, -0.05) is 11.6 Å². The van der Waals surface area contributed by atoms with E-state index in [-0.39, 0.29) is 0 Å². The molecule has 1 fully saturated rings. The van der Waals surface area contributed by atoms with E-state index >= 15 is 0 Å². The Morgan fingerprint density at radius 1 is 1.42 bits per heavy atom. The van der Waals surface area contributed by atoms with Crippen LogP contribution in [0, 0.1) is 0 Å². The predicted octanol–water partition coefficient (Wildman–Crippen LogP) is 1.63. The minimum Gasteiger partial charge on any atom is -0.381 e. The summed E-state index contributed by atoms with van der Waals surface area (Å²) in [6.45, 7) is 1.59. The first-order chi connectivity index (χ1) is 5.86. The Bertz CT molecular complexity index is 256. The molecule has 1 aromatic rings. The van der Waals surface area contributed by atoms with Crippen LogP contribution in [0.4, 0.5) is 0 Å². The third kappa shape index (κ3) is 1.57. The van der Waals surface area contributed by atoms with Gasteiger partial charge in [-0.2, -0.15) is 5.10 Å². The van der Waals surface area contributed by atoms with Gasteiger partial charge in [0.2, 0.25) is 0 Å². The first kappa shape index (κ1) is 7.95. The fourth-order valence-electron chi connectivity index (χ4n) is 1.31. The highest BCUT2D eigenvalue weighted by Crippen LogP contribution is 2.22. The molecule has 2 rings (SSSR count). The Balaban J connectivity index is 2.17. The quantitative estimate of drug-likeness (QED) is 0.666.